The van der Waals surface area contributed by atoms with Crippen molar-refractivity contribution in [3.05, 3.63) is 59.7 Å². The largest absolute Gasteiger partial charge is 0.266 e. The maximum atomic E-state index is 13.2. The molecule has 2 aromatic rings. The maximum Gasteiger partial charge on any atom is 0.264 e. The summed E-state index contributed by atoms with van der Waals surface area (Å²) in [5.41, 5.74) is 2.73. The molecule has 0 N–H and O–H groups in total. The molecule has 0 amide bonds. The third kappa shape index (κ3) is 3.15. The first kappa shape index (κ1) is 16.5. The summed E-state index contributed by atoms with van der Waals surface area (Å²) in [5, 5.41) is 9.27. The Bertz CT molecular complexity index is 867. The number of benzene rings is 2. The molecule has 1 aliphatic rings. The number of rotatable bonds is 2. The van der Waals surface area contributed by atoms with Gasteiger partial charge in [0, 0.05) is 12.5 Å². The van der Waals surface area contributed by atoms with Gasteiger partial charge in [-0.15, -0.1) is 0 Å². The zero-order valence-electron chi connectivity index (χ0n) is 13.6. The summed E-state index contributed by atoms with van der Waals surface area (Å²) in [5.74, 6) is -0.117. The normalized spacial score (nSPS) is 18.2. The number of nitrogens with zero attached hydrogens (tertiary/aromatic N) is 2. The molecule has 0 saturated heterocycles. The van der Waals surface area contributed by atoms with Crippen LogP contribution in [-0.2, 0) is 16.4 Å². The van der Waals surface area contributed by atoms with Crippen LogP contribution in [0.4, 0.5) is 5.69 Å². The van der Waals surface area contributed by atoms with E-state index in [9.17, 15) is 13.7 Å². The van der Waals surface area contributed by atoms with Gasteiger partial charge in [0.15, 0.2) is 0 Å². The molecule has 0 spiro atoms. The molecule has 1 aliphatic heterocycles. The van der Waals surface area contributed by atoms with Gasteiger partial charge in [-0.05, 0) is 49.9 Å². The first-order valence-electron chi connectivity index (χ1n) is 8.09. The minimum Gasteiger partial charge on any atom is -0.266 e. The van der Waals surface area contributed by atoms with Crippen molar-refractivity contribution in [2.45, 2.75) is 31.1 Å². The van der Waals surface area contributed by atoms with Crippen molar-refractivity contribution in [3.8, 4) is 6.07 Å². The predicted octanol–water partition coefficient (Wildman–Crippen LogP) is 3.67. The molecule has 3 rings (SSSR count). The van der Waals surface area contributed by atoms with Gasteiger partial charge in [0.25, 0.3) is 10.0 Å². The van der Waals surface area contributed by atoms with Crippen molar-refractivity contribution in [1.29, 1.82) is 5.26 Å². The van der Waals surface area contributed by atoms with E-state index >= 15 is 0 Å². The SMILES string of the molecule is Cc1ccc(S(=O)(=O)N2CC[C@@H](C#N)CCc3ccccc32)cc1. The van der Waals surface area contributed by atoms with Gasteiger partial charge in [0.1, 0.15) is 0 Å². The Morgan fingerprint density at radius 2 is 1.79 bits per heavy atom. The molecule has 2 aromatic carbocycles. The maximum absolute atomic E-state index is 13.2. The van der Waals surface area contributed by atoms with Gasteiger partial charge < -0.3 is 0 Å². The standard InChI is InChI=1S/C19H20N2O2S/c1-15-6-10-18(11-7-15)24(22,23)21-13-12-16(14-20)8-9-17-4-2-3-5-19(17)21/h2-7,10-11,16H,8-9,12-13H2,1H3/t16-/m0/s1. The van der Waals surface area contributed by atoms with Gasteiger partial charge in [-0.1, -0.05) is 35.9 Å². The van der Waals surface area contributed by atoms with Crippen molar-refractivity contribution in [3.63, 3.8) is 0 Å². The first-order valence-corrected chi connectivity index (χ1v) is 9.53. The molecule has 0 unspecified atom stereocenters. The van der Waals surface area contributed by atoms with Crippen LogP contribution in [0.3, 0.4) is 0 Å². The van der Waals surface area contributed by atoms with E-state index < -0.39 is 10.0 Å². The average molecular weight is 340 g/mol. The van der Waals surface area contributed by atoms with Crippen LogP contribution in [0, 0.1) is 24.2 Å². The lowest BCUT2D eigenvalue weighted by molar-refractivity contribution is 0.542. The molecule has 0 bridgehead atoms. The van der Waals surface area contributed by atoms with Crippen molar-refractivity contribution in [2.24, 2.45) is 5.92 Å². The molecular formula is C19H20N2O2S. The second-order valence-corrected chi connectivity index (χ2v) is 8.03. The molecule has 24 heavy (non-hydrogen) atoms. The number of anilines is 1. The number of aryl methyl sites for hydroxylation is 2. The number of fused-ring (bicyclic) bond motifs is 1. The monoisotopic (exact) mass is 340 g/mol. The third-order valence-electron chi connectivity index (χ3n) is 4.49. The molecule has 0 aliphatic carbocycles. The van der Waals surface area contributed by atoms with Gasteiger partial charge in [0.05, 0.1) is 16.7 Å². The number of para-hydroxylation sites is 1. The smallest absolute Gasteiger partial charge is 0.264 e. The lowest BCUT2D eigenvalue weighted by atomic mass is 9.95. The Hall–Kier alpha value is -2.32. The third-order valence-corrected chi connectivity index (χ3v) is 6.32. The van der Waals surface area contributed by atoms with E-state index in [2.05, 4.69) is 6.07 Å². The molecule has 0 saturated carbocycles. The molecule has 0 aromatic heterocycles. The number of hydrogen-bond donors (Lipinski definition) is 0. The van der Waals surface area contributed by atoms with Crippen LogP contribution in [0.1, 0.15) is 24.0 Å². The Labute approximate surface area is 143 Å². The second-order valence-electron chi connectivity index (χ2n) is 6.17. The summed E-state index contributed by atoms with van der Waals surface area (Å²) in [4.78, 5) is 0.289. The van der Waals surface area contributed by atoms with E-state index in [1.165, 1.54) is 4.31 Å². The highest BCUT2D eigenvalue weighted by Gasteiger charge is 2.29. The number of nitriles is 1. The topological polar surface area (TPSA) is 61.2 Å². The van der Waals surface area contributed by atoms with E-state index in [0.29, 0.717) is 19.4 Å². The summed E-state index contributed by atoms with van der Waals surface area (Å²) >= 11 is 0. The first-order chi connectivity index (χ1) is 11.5. The molecule has 0 radical (unpaired) electrons. The number of sulfonamides is 1. The summed E-state index contributed by atoms with van der Waals surface area (Å²) < 4.78 is 27.8. The molecular weight excluding hydrogens is 320 g/mol. The molecule has 124 valence electrons. The van der Waals surface area contributed by atoms with Crippen LogP contribution in [0.2, 0.25) is 0 Å². The van der Waals surface area contributed by atoms with Crippen LogP contribution in [-0.4, -0.2) is 15.0 Å². The van der Waals surface area contributed by atoms with Crippen LogP contribution in [0.5, 0.6) is 0 Å². The quantitative estimate of drug-likeness (QED) is 0.838. The highest BCUT2D eigenvalue weighted by molar-refractivity contribution is 7.92. The predicted molar refractivity (Wildman–Crippen MR) is 94.2 cm³/mol. The zero-order valence-corrected chi connectivity index (χ0v) is 14.5. The lowest BCUT2D eigenvalue weighted by Crippen LogP contribution is -2.34. The average Bonchev–Trinajstić information content (AvgIpc) is 2.56. The van der Waals surface area contributed by atoms with Gasteiger partial charge in [0.2, 0.25) is 0 Å². The fourth-order valence-corrected chi connectivity index (χ4v) is 4.57. The highest BCUT2D eigenvalue weighted by Crippen LogP contribution is 2.32. The van der Waals surface area contributed by atoms with E-state index in [1.54, 1.807) is 24.3 Å². The van der Waals surface area contributed by atoms with Crippen LogP contribution in [0.25, 0.3) is 0 Å². The Kier molecular flexibility index (Phi) is 4.59. The molecule has 1 heterocycles. The van der Waals surface area contributed by atoms with Gasteiger partial charge in [-0.3, -0.25) is 4.31 Å². The summed E-state index contributed by atoms with van der Waals surface area (Å²) in [6, 6.07) is 16.8. The van der Waals surface area contributed by atoms with E-state index in [1.807, 2.05) is 31.2 Å². The summed E-state index contributed by atoms with van der Waals surface area (Å²) in [7, 11) is -3.64. The van der Waals surface area contributed by atoms with Gasteiger partial charge >= 0.3 is 0 Å². The molecule has 5 heteroatoms. The summed E-state index contributed by atoms with van der Waals surface area (Å²) in [6.45, 7) is 2.25. The van der Waals surface area contributed by atoms with E-state index in [-0.39, 0.29) is 10.8 Å². The van der Waals surface area contributed by atoms with Crippen molar-refractivity contribution in [2.75, 3.05) is 10.8 Å². The van der Waals surface area contributed by atoms with Crippen LogP contribution >= 0.6 is 0 Å². The lowest BCUT2D eigenvalue weighted by Gasteiger charge is -2.29. The molecule has 1 atom stereocenters. The number of hydrogen-bond acceptors (Lipinski definition) is 3. The second kappa shape index (κ2) is 6.66. The minimum atomic E-state index is -3.64. The molecule has 4 nitrogen and oxygen atoms in total. The van der Waals surface area contributed by atoms with E-state index in [4.69, 9.17) is 0 Å². The minimum absolute atomic E-state index is 0.117. The zero-order chi connectivity index (χ0) is 17.2. The van der Waals surface area contributed by atoms with E-state index in [0.717, 1.165) is 23.2 Å². The van der Waals surface area contributed by atoms with Crippen LogP contribution < -0.4 is 4.31 Å². The van der Waals surface area contributed by atoms with Gasteiger partial charge in [-0.25, -0.2) is 8.42 Å². The fourth-order valence-electron chi connectivity index (χ4n) is 3.05. The van der Waals surface area contributed by atoms with Crippen LogP contribution in [0.15, 0.2) is 53.4 Å². The van der Waals surface area contributed by atoms with Crippen molar-refractivity contribution < 1.29 is 8.42 Å². The van der Waals surface area contributed by atoms with Gasteiger partial charge in [-0.2, -0.15) is 5.26 Å². The Morgan fingerprint density at radius 1 is 1.08 bits per heavy atom. The highest BCUT2D eigenvalue weighted by atomic mass is 32.2. The Morgan fingerprint density at radius 3 is 2.50 bits per heavy atom. The van der Waals surface area contributed by atoms with Crippen molar-refractivity contribution in [1.82, 2.24) is 0 Å². The fraction of sp³-hybridized carbons (Fsp3) is 0.316. The Balaban J connectivity index is 2.07. The summed E-state index contributed by atoms with van der Waals surface area (Å²) in [6.07, 6.45) is 2.04. The molecule has 0 fully saturated rings. The van der Waals surface area contributed by atoms with Crippen molar-refractivity contribution >= 4 is 15.7 Å².